The van der Waals surface area contributed by atoms with E-state index in [4.69, 9.17) is 24.0 Å². The van der Waals surface area contributed by atoms with E-state index in [1.807, 2.05) is 20.8 Å². The zero-order valence-corrected chi connectivity index (χ0v) is 38.6. The van der Waals surface area contributed by atoms with Crippen LogP contribution in [-0.4, -0.2) is 79.6 Å². The van der Waals surface area contributed by atoms with Gasteiger partial charge in [0.1, 0.15) is 23.7 Å². The molecule has 20 heteroatoms. The van der Waals surface area contributed by atoms with E-state index in [1.54, 1.807) is 82.5 Å². The second-order valence-electron chi connectivity index (χ2n) is 15.7. The number of fused-ring (bicyclic) bond motifs is 6. The van der Waals surface area contributed by atoms with Gasteiger partial charge in [-0.1, -0.05) is 29.8 Å². The molecule has 0 radical (unpaired) electrons. The molecule has 0 unspecified atom stereocenters. The van der Waals surface area contributed by atoms with E-state index < -0.39 is 45.5 Å². The van der Waals surface area contributed by atoms with Crippen LogP contribution in [0.25, 0.3) is 11.4 Å². The molecule has 69 heavy (non-hydrogen) atoms. The van der Waals surface area contributed by atoms with E-state index in [0.29, 0.717) is 69.8 Å². The molecule has 2 atom stereocenters. The van der Waals surface area contributed by atoms with Gasteiger partial charge in [-0.3, -0.25) is 43.2 Å². The highest BCUT2D eigenvalue weighted by Crippen LogP contribution is 2.36. The molecule has 2 aliphatic rings. The molecular weight excluding hydrogens is 921 g/mol. The zero-order chi connectivity index (χ0) is 49.6. The first-order valence-electron chi connectivity index (χ1n) is 21.2. The number of aryl methyl sites for hydroxylation is 3. The molecule has 0 amide bonds. The third-order valence-electron chi connectivity index (χ3n) is 11.0. The number of hydrogen-bond acceptors (Lipinski definition) is 12. The lowest BCUT2D eigenvalue weighted by Gasteiger charge is -2.14. The lowest BCUT2D eigenvalue weighted by Crippen LogP contribution is -2.11. The van der Waals surface area contributed by atoms with Crippen molar-refractivity contribution < 1.29 is 49.6 Å². The first-order valence-corrected chi connectivity index (χ1v) is 22.7. The number of ether oxygens (including phenoxy) is 2. The molecule has 0 spiro atoms. The fourth-order valence-electron chi connectivity index (χ4n) is 7.62. The highest BCUT2D eigenvalue weighted by molar-refractivity contribution is 7.85. The second kappa shape index (κ2) is 21.1. The number of carbonyl (C=O) groups excluding carboxylic acids is 2. The van der Waals surface area contributed by atoms with E-state index in [9.17, 15) is 35.6 Å². The fraction of sp³-hybridized carbons (Fsp3) is 0.224. The predicted molar refractivity (Wildman–Crippen MR) is 245 cm³/mol. The minimum atomic E-state index is -4.02. The molecule has 9 rings (SSSR count). The van der Waals surface area contributed by atoms with E-state index in [-0.39, 0.29) is 29.7 Å². The monoisotopic (exact) mass is 964 g/mol. The number of benzene rings is 3. The number of pyridine rings is 2. The van der Waals surface area contributed by atoms with Crippen molar-refractivity contribution in [3.8, 4) is 11.4 Å². The van der Waals surface area contributed by atoms with Gasteiger partial charge in [-0.05, 0) is 82.1 Å². The first kappa shape index (κ1) is 49.2. The number of imidazole rings is 2. The van der Waals surface area contributed by atoms with Gasteiger partial charge in [-0.2, -0.15) is 8.42 Å². The molecule has 0 saturated carbocycles. The summed E-state index contributed by atoms with van der Waals surface area (Å²) in [5, 5.41) is 0. The van der Waals surface area contributed by atoms with Crippen LogP contribution >= 0.6 is 0 Å². The number of hydrogen-bond donors (Lipinski definition) is 1. The number of rotatable bonds is 9. The summed E-state index contributed by atoms with van der Waals surface area (Å²) in [6.07, 6.45) is 7.43. The minimum absolute atomic E-state index is 0.0666. The average Bonchev–Trinajstić information content (AvgIpc) is 3.85. The fourth-order valence-corrected chi connectivity index (χ4v) is 8.10. The van der Waals surface area contributed by atoms with Gasteiger partial charge in [0, 0.05) is 72.3 Å². The number of esters is 2. The van der Waals surface area contributed by atoms with Crippen LogP contribution in [0.3, 0.4) is 0 Å². The summed E-state index contributed by atoms with van der Waals surface area (Å²) in [7, 11) is -1.37. The van der Waals surface area contributed by atoms with Gasteiger partial charge in [0.25, 0.3) is 10.1 Å². The highest BCUT2D eigenvalue weighted by Gasteiger charge is 2.31. The minimum Gasteiger partial charge on any atom is -0.469 e. The normalized spacial score (nSPS) is 14.6. The van der Waals surface area contributed by atoms with Gasteiger partial charge in [-0.15, -0.1) is 0 Å². The van der Waals surface area contributed by atoms with Crippen LogP contribution in [-0.2, 0) is 29.2 Å². The number of methoxy groups -OCH3 is 2. The molecule has 4 aromatic heterocycles. The van der Waals surface area contributed by atoms with Crippen LogP contribution in [0.15, 0.2) is 125 Å². The molecule has 0 bridgehead atoms. The SMILES string of the molecule is COC(=O)CC[C@@H]1N=C(c2ccccn2)c2cc(F)c(F)cc2-n2c(C)cnc21.COC(=O)CC[C@@H]1N=C(c2ccccn2)c2cc(F)c(F)cc2-n2c(C)cnc21.Cc1ccc(S(=O)(=O)O)cc1. The Kier molecular flexibility index (Phi) is 15.0. The van der Waals surface area contributed by atoms with Crippen molar-refractivity contribution in [2.24, 2.45) is 9.98 Å². The summed E-state index contributed by atoms with van der Waals surface area (Å²) >= 11 is 0. The molecule has 6 heterocycles. The van der Waals surface area contributed by atoms with E-state index >= 15 is 0 Å². The summed E-state index contributed by atoms with van der Waals surface area (Å²) in [5.74, 6) is -3.51. The summed E-state index contributed by atoms with van der Waals surface area (Å²) in [6.45, 7) is 5.49. The summed E-state index contributed by atoms with van der Waals surface area (Å²) in [4.78, 5) is 50.5. The Hall–Kier alpha value is -7.71. The molecule has 3 aromatic carbocycles. The average molecular weight is 965 g/mol. The Morgan fingerprint density at radius 1 is 0.609 bits per heavy atom. The summed E-state index contributed by atoms with van der Waals surface area (Å²) < 4.78 is 99.3. The van der Waals surface area contributed by atoms with Crippen LogP contribution in [0.5, 0.6) is 0 Å². The van der Waals surface area contributed by atoms with Crippen LogP contribution in [0.4, 0.5) is 17.6 Å². The van der Waals surface area contributed by atoms with Crippen molar-refractivity contribution in [3.05, 3.63) is 184 Å². The van der Waals surface area contributed by atoms with Crippen molar-refractivity contribution in [1.82, 2.24) is 29.1 Å². The van der Waals surface area contributed by atoms with Crippen LogP contribution in [0, 0.1) is 44.0 Å². The standard InChI is InChI=1S/2C21H18F2N4O2.C7H8O3S/c2*1-12-11-25-21-17(6-7-19(28)29-2)26-20(16-5-3-4-8-24-16)13-9-14(22)15(23)10-18(13)27(12)21;1-6-2-4-7(5-3-6)11(8,9)10/h2*3-5,8-11,17H,6-7H2,1-2H3;2-5H,1H3,(H,8,9,10)/t2*17-;/m00./s1. The number of aromatic nitrogens is 6. The number of nitrogens with zero attached hydrogens (tertiary/aromatic N) is 8. The van der Waals surface area contributed by atoms with Crippen LogP contribution in [0.2, 0.25) is 0 Å². The lowest BCUT2D eigenvalue weighted by molar-refractivity contribution is -0.141. The first-order chi connectivity index (χ1) is 33.0. The van der Waals surface area contributed by atoms with Gasteiger partial charge < -0.3 is 9.47 Å². The summed E-state index contributed by atoms with van der Waals surface area (Å²) in [5.41, 5.74) is 5.99. The second-order valence-corrected chi connectivity index (χ2v) is 17.1. The third-order valence-corrected chi connectivity index (χ3v) is 11.9. The maximum Gasteiger partial charge on any atom is 0.305 e. The number of carbonyl (C=O) groups is 2. The molecule has 1 N–H and O–H groups in total. The van der Waals surface area contributed by atoms with Crippen molar-refractivity contribution in [2.45, 2.75) is 63.4 Å². The topological polar surface area (TPSA) is 193 Å². The smallest absolute Gasteiger partial charge is 0.305 e. The Morgan fingerprint density at radius 3 is 1.38 bits per heavy atom. The zero-order valence-electron chi connectivity index (χ0n) is 37.8. The molecule has 7 aromatic rings. The Bertz CT molecular complexity index is 3020. The van der Waals surface area contributed by atoms with Crippen molar-refractivity contribution in [2.75, 3.05) is 14.2 Å². The highest BCUT2D eigenvalue weighted by atomic mass is 32.2. The van der Waals surface area contributed by atoms with Gasteiger partial charge in [0.05, 0.1) is 53.3 Å². The molecule has 356 valence electrons. The van der Waals surface area contributed by atoms with Gasteiger partial charge >= 0.3 is 11.9 Å². The van der Waals surface area contributed by atoms with Gasteiger partial charge in [0.2, 0.25) is 0 Å². The Labute approximate surface area is 394 Å². The molecule has 15 nitrogen and oxygen atoms in total. The number of halogens is 4. The van der Waals surface area contributed by atoms with E-state index in [0.717, 1.165) is 41.2 Å². The molecule has 2 aliphatic heterocycles. The number of aliphatic imine (C=N–C) groups is 2. The van der Waals surface area contributed by atoms with Crippen molar-refractivity contribution in [3.63, 3.8) is 0 Å². The van der Waals surface area contributed by atoms with Crippen LogP contribution < -0.4 is 0 Å². The maximum absolute atomic E-state index is 14.2. The predicted octanol–water partition coefficient (Wildman–Crippen LogP) is 8.64. The third kappa shape index (κ3) is 11.0. The van der Waals surface area contributed by atoms with Crippen molar-refractivity contribution >= 4 is 33.5 Å². The van der Waals surface area contributed by atoms with E-state index in [2.05, 4.69) is 19.9 Å². The summed E-state index contributed by atoms with van der Waals surface area (Å²) in [6, 6.07) is 20.1. The largest absolute Gasteiger partial charge is 0.469 e. The van der Waals surface area contributed by atoms with E-state index in [1.165, 1.54) is 26.4 Å². The Balaban J connectivity index is 0.000000168. The molecule has 0 fully saturated rings. The van der Waals surface area contributed by atoms with Crippen molar-refractivity contribution in [1.29, 1.82) is 0 Å². The van der Waals surface area contributed by atoms with Crippen LogP contribution in [0.1, 0.15) is 88.9 Å². The quantitative estimate of drug-likeness (QED) is 0.0827. The maximum atomic E-state index is 14.2. The van der Waals surface area contributed by atoms with Gasteiger partial charge in [-0.25, -0.2) is 27.5 Å². The lowest BCUT2D eigenvalue weighted by atomic mass is 10.0. The Morgan fingerprint density at radius 2 is 1.01 bits per heavy atom. The molecule has 0 saturated heterocycles. The molecular formula is C49H44F4N8O7S. The van der Waals surface area contributed by atoms with Gasteiger partial charge in [0.15, 0.2) is 23.3 Å². The molecule has 0 aliphatic carbocycles.